The summed E-state index contributed by atoms with van der Waals surface area (Å²) in [5.74, 6) is 1.00. The Hall–Kier alpha value is -1.35. The molecule has 3 nitrogen and oxygen atoms in total. The molecule has 1 aliphatic carbocycles. The molecule has 1 aromatic carbocycles. The molecular weight excluding hydrogens is 250 g/mol. The molecule has 0 saturated heterocycles. The predicted octanol–water partition coefficient (Wildman–Crippen LogP) is 3.53. The molecule has 0 unspecified atom stereocenters. The summed E-state index contributed by atoms with van der Waals surface area (Å²) in [6.45, 7) is 3.63. The minimum Gasteiger partial charge on any atom is -0.497 e. The molecule has 0 radical (unpaired) electrons. The second-order valence-electron chi connectivity index (χ2n) is 5.51. The van der Waals surface area contributed by atoms with E-state index in [9.17, 15) is 4.79 Å². The van der Waals surface area contributed by atoms with Crippen molar-refractivity contribution in [2.75, 3.05) is 20.2 Å². The molecule has 2 rings (SSSR count). The van der Waals surface area contributed by atoms with Crippen LogP contribution in [0.5, 0.6) is 5.75 Å². The van der Waals surface area contributed by atoms with Gasteiger partial charge in [-0.05, 0) is 43.7 Å². The van der Waals surface area contributed by atoms with E-state index in [4.69, 9.17) is 4.74 Å². The van der Waals surface area contributed by atoms with Crippen molar-refractivity contribution in [1.29, 1.82) is 0 Å². The largest absolute Gasteiger partial charge is 0.497 e. The van der Waals surface area contributed by atoms with Crippen molar-refractivity contribution in [3.63, 3.8) is 0 Å². The van der Waals surface area contributed by atoms with Gasteiger partial charge in [-0.2, -0.15) is 0 Å². The molecule has 110 valence electrons. The van der Waals surface area contributed by atoms with Gasteiger partial charge in [-0.1, -0.05) is 26.2 Å². The van der Waals surface area contributed by atoms with Crippen LogP contribution in [0.3, 0.4) is 0 Å². The molecule has 0 spiro atoms. The smallest absolute Gasteiger partial charge is 0.176 e. The van der Waals surface area contributed by atoms with Crippen molar-refractivity contribution in [3.05, 3.63) is 29.8 Å². The summed E-state index contributed by atoms with van der Waals surface area (Å²) in [6.07, 6.45) is 6.43. The fraction of sp³-hybridized carbons (Fsp3) is 0.588. The number of ether oxygens (including phenoxy) is 1. The van der Waals surface area contributed by atoms with Crippen LogP contribution in [0.2, 0.25) is 0 Å². The van der Waals surface area contributed by atoms with Crippen LogP contribution in [0.25, 0.3) is 0 Å². The fourth-order valence-electron chi connectivity index (χ4n) is 3.00. The topological polar surface area (TPSA) is 29.5 Å². The van der Waals surface area contributed by atoms with Crippen LogP contribution in [0, 0.1) is 0 Å². The van der Waals surface area contributed by atoms with Crippen molar-refractivity contribution in [2.24, 2.45) is 0 Å². The quantitative estimate of drug-likeness (QED) is 0.744. The Labute approximate surface area is 121 Å². The SMILES string of the molecule is CCN(CC(=O)c1ccc(OC)cc1)C1CCCCC1. The van der Waals surface area contributed by atoms with Gasteiger partial charge in [0.1, 0.15) is 5.75 Å². The van der Waals surface area contributed by atoms with Crippen molar-refractivity contribution >= 4 is 5.78 Å². The highest BCUT2D eigenvalue weighted by molar-refractivity contribution is 5.97. The molecule has 20 heavy (non-hydrogen) atoms. The fourth-order valence-corrected chi connectivity index (χ4v) is 3.00. The van der Waals surface area contributed by atoms with E-state index in [0.717, 1.165) is 17.9 Å². The number of hydrogen-bond donors (Lipinski definition) is 0. The number of Topliss-reactive ketones (excluding diaryl/α,β-unsaturated/α-hetero) is 1. The van der Waals surface area contributed by atoms with Gasteiger partial charge in [0, 0.05) is 11.6 Å². The third kappa shape index (κ3) is 3.83. The highest BCUT2D eigenvalue weighted by Crippen LogP contribution is 2.22. The third-order valence-electron chi connectivity index (χ3n) is 4.26. The minimum absolute atomic E-state index is 0.208. The number of carbonyl (C=O) groups excluding carboxylic acids is 1. The van der Waals surface area contributed by atoms with Gasteiger partial charge in [-0.25, -0.2) is 0 Å². The van der Waals surface area contributed by atoms with Gasteiger partial charge in [0.05, 0.1) is 13.7 Å². The van der Waals surface area contributed by atoms with Crippen LogP contribution in [0.4, 0.5) is 0 Å². The lowest BCUT2D eigenvalue weighted by atomic mass is 9.94. The van der Waals surface area contributed by atoms with Crippen LogP contribution in [0.1, 0.15) is 49.4 Å². The standard InChI is InChI=1S/C17H25NO2/c1-3-18(15-7-5-4-6-8-15)13-17(19)14-9-11-16(20-2)12-10-14/h9-12,15H,3-8,13H2,1-2H3. The zero-order chi connectivity index (χ0) is 14.4. The van der Waals surface area contributed by atoms with Crippen molar-refractivity contribution in [1.82, 2.24) is 4.90 Å². The lowest BCUT2D eigenvalue weighted by Gasteiger charge is -2.33. The predicted molar refractivity (Wildman–Crippen MR) is 81.4 cm³/mol. The molecule has 1 saturated carbocycles. The van der Waals surface area contributed by atoms with Crippen LogP contribution in [0.15, 0.2) is 24.3 Å². The number of hydrogen-bond acceptors (Lipinski definition) is 3. The number of benzene rings is 1. The Morgan fingerprint density at radius 3 is 2.40 bits per heavy atom. The summed E-state index contributed by atoms with van der Waals surface area (Å²) in [7, 11) is 1.64. The normalized spacial score (nSPS) is 16.4. The van der Waals surface area contributed by atoms with Crippen molar-refractivity contribution < 1.29 is 9.53 Å². The molecule has 0 heterocycles. The second kappa shape index (κ2) is 7.44. The van der Waals surface area contributed by atoms with Gasteiger partial charge in [-0.3, -0.25) is 9.69 Å². The molecular formula is C17H25NO2. The second-order valence-corrected chi connectivity index (χ2v) is 5.51. The van der Waals surface area contributed by atoms with E-state index in [2.05, 4.69) is 11.8 Å². The van der Waals surface area contributed by atoms with E-state index < -0.39 is 0 Å². The van der Waals surface area contributed by atoms with E-state index in [1.54, 1.807) is 7.11 Å². The number of likely N-dealkylation sites (N-methyl/N-ethyl adjacent to an activating group) is 1. The molecule has 1 aromatic rings. The first-order chi connectivity index (χ1) is 9.74. The zero-order valence-electron chi connectivity index (χ0n) is 12.6. The molecule has 0 aromatic heterocycles. The molecule has 0 bridgehead atoms. The van der Waals surface area contributed by atoms with Gasteiger partial charge in [-0.15, -0.1) is 0 Å². The molecule has 0 atom stereocenters. The summed E-state index contributed by atoms with van der Waals surface area (Å²) in [5, 5.41) is 0. The van der Waals surface area contributed by atoms with Gasteiger partial charge in [0.2, 0.25) is 0 Å². The average molecular weight is 275 g/mol. The first-order valence-electron chi connectivity index (χ1n) is 7.66. The van der Waals surface area contributed by atoms with Gasteiger partial charge < -0.3 is 4.74 Å². The number of carbonyl (C=O) groups is 1. The summed E-state index contributed by atoms with van der Waals surface area (Å²) in [5.41, 5.74) is 0.778. The summed E-state index contributed by atoms with van der Waals surface area (Å²) >= 11 is 0. The summed E-state index contributed by atoms with van der Waals surface area (Å²) in [6, 6.07) is 8.01. The van der Waals surface area contributed by atoms with Gasteiger partial charge in [0.15, 0.2) is 5.78 Å². The van der Waals surface area contributed by atoms with E-state index in [-0.39, 0.29) is 5.78 Å². The Kier molecular flexibility index (Phi) is 5.60. The van der Waals surface area contributed by atoms with E-state index >= 15 is 0 Å². The van der Waals surface area contributed by atoms with Crippen LogP contribution < -0.4 is 4.74 Å². The maximum atomic E-state index is 12.4. The van der Waals surface area contributed by atoms with E-state index in [1.165, 1.54) is 32.1 Å². The Balaban J connectivity index is 1.96. The average Bonchev–Trinajstić information content (AvgIpc) is 2.53. The maximum Gasteiger partial charge on any atom is 0.176 e. The molecule has 0 amide bonds. The Morgan fingerprint density at radius 2 is 1.85 bits per heavy atom. The highest BCUT2D eigenvalue weighted by atomic mass is 16.5. The zero-order valence-corrected chi connectivity index (χ0v) is 12.6. The number of methoxy groups -OCH3 is 1. The summed E-state index contributed by atoms with van der Waals surface area (Å²) < 4.78 is 5.12. The van der Waals surface area contributed by atoms with Crippen molar-refractivity contribution in [3.8, 4) is 5.75 Å². The van der Waals surface area contributed by atoms with Gasteiger partial charge in [0.25, 0.3) is 0 Å². The molecule has 1 aliphatic rings. The molecule has 3 heteroatoms. The Morgan fingerprint density at radius 1 is 1.20 bits per heavy atom. The first-order valence-corrected chi connectivity index (χ1v) is 7.66. The van der Waals surface area contributed by atoms with Crippen molar-refractivity contribution in [2.45, 2.75) is 45.1 Å². The maximum absolute atomic E-state index is 12.4. The third-order valence-corrected chi connectivity index (χ3v) is 4.26. The van der Waals surface area contributed by atoms with Crippen LogP contribution in [-0.2, 0) is 0 Å². The van der Waals surface area contributed by atoms with E-state index in [1.807, 2.05) is 24.3 Å². The molecule has 1 fully saturated rings. The first kappa shape index (κ1) is 15.0. The lowest BCUT2D eigenvalue weighted by Crippen LogP contribution is -2.40. The minimum atomic E-state index is 0.208. The number of rotatable bonds is 6. The summed E-state index contributed by atoms with van der Waals surface area (Å²) in [4.78, 5) is 14.7. The molecule has 0 N–H and O–H groups in total. The highest BCUT2D eigenvalue weighted by Gasteiger charge is 2.22. The van der Waals surface area contributed by atoms with Crippen LogP contribution in [-0.4, -0.2) is 36.9 Å². The number of ketones is 1. The van der Waals surface area contributed by atoms with E-state index in [0.29, 0.717) is 12.6 Å². The monoisotopic (exact) mass is 275 g/mol. The van der Waals surface area contributed by atoms with Gasteiger partial charge >= 0.3 is 0 Å². The Bertz CT molecular complexity index is 421. The lowest BCUT2D eigenvalue weighted by molar-refractivity contribution is 0.0868. The van der Waals surface area contributed by atoms with Crippen LogP contribution >= 0.6 is 0 Å². The molecule has 0 aliphatic heterocycles. The number of nitrogens with zero attached hydrogens (tertiary/aromatic N) is 1.